The highest BCUT2D eigenvalue weighted by atomic mass is 35.5. The predicted octanol–water partition coefficient (Wildman–Crippen LogP) is 3.55. The van der Waals surface area contributed by atoms with Gasteiger partial charge >= 0.3 is 0 Å². The van der Waals surface area contributed by atoms with Crippen LogP contribution in [0.1, 0.15) is 28.9 Å². The Labute approximate surface area is 170 Å². The Morgan fingerprint density at radius 3 is 2.74 bits per heavy atom. The second-order valence-electron chi connectivity index (χ2n) is 6.43. The van der Waals surface area contributed by atoms with Gasteiger partial charge in [0.2, 0.25) is 5.91 Å². The number of hydrogen-bond donors (Lipinski definition) is 2. The van der Waals surface area contributed by atoms with Gasteiger partial charge in [0.1, 0.15) is 0 Å². The molecule has 2 aromatic carbocycles. The molecule has 2 aromatic rings. The number of hydrogen-bond acceptors (Lipinski definition) is 4. The number of amides is 1. The minimum atomic E-state index is -0.0976. The lowest BCUT2D eigenvalue weighted by Crippen LogP contribution is -2.48. The zero-order valence-corrected chi connectivity index (χ0v) is 16.6. The number of nitrogens with one attached hydrogen (secondary N) is 2. The average Bonchev–Trinajstić information content (AvgIpc) is 2.62. The Morgan fingerprint density at radius 1 is 1.22 bits per heavy atom. The minimum absolute atomic E-state index is 0. The second-order valence-corrected chi connectivity index (χ2v) is 6.87. The summed E-state index contributed by atoms with van der Waals surface area (Å²) in [6.45, 7) is 4.18. The summed E-state index contributed by atoms with van der Waals surface area (Å²) >= 11 is 6.12. The van der Waals surface area contributed by atoms with Crippen molar-refractivity contribution in [2.75, 3.05) is 31.5 Å². The first-order valence-electron chi connectivity index (χ1n) is 8.64. The van der Waals surface area contributed by atoms with Crippen molar-refractivity contribution in [2.24, 2.45) is 0 Å². The molecule has 0 spiro atoms. The third-order valence-electron chi connectivity index (χ3n) is 4.49. The van der Waals surface area contributed by atoms with E-state index in [1.54, 1.807) is 24.3 Å². The zero-order chi connectivity index (χ0) is 18.5. The van der Waals surface area contributed by atoms with E-state index < -0.39 is 0 Å². The van der Waals surface area contributed by atoms with E-state index in [2.05, 4.69) is 15.5 Å². The number of carbonyl (C=O) groups is 2. The number of Topliss-reactive ketones (excluding diaryl/α,β-unsaturated/α-hetero) is 1. The van der Waals surface area contributed by atoms with Crippen molar-refractivity contribution in [3.05, 3.63) is 64.7 Å². The maximum absolute atomic E-state index is 12.5. The minimum Gasteiger partial charge on any atom is -0.325 e. The highest BCUT2D eigenvalue weighted by Gasteiger charge is 2.25. The molecule has 1 aliphatic heterocycles. The fraction of sp³-hybridized carbons (Fsp3) is 0.300. The van der Waals surface area contributed by atoms with Crippen LogP contribution in [0, 0.1) is 0 Å². The van der Waals surface area contributed by atoms with Gasteiger partial charge in [-0.15, -0.1) is 12.4 Å². The largest absolute Gasteiger partial charge is 0.325 e. The molecule has 1 unspecified atom stereocenters. The van der Waals surface area contributed by atoms with Gasteiger partial charge in [-0.1, -0.05) is 35.9 Å². The summed E-state index contributed by atoms with van der Waals surface area (Å²) in [7, 11) is 0. The van der Waals surface area contributed by atoms with Gasteiger partial charge in [0.05, 0.1) is 6.54 Å². The lowest BCUT2D eigenvalue weighted by atomic mass is 10.0. The maximum Gasteiger partial charge on any atom is 0.238 e. The first-order chi connectivity index (χ1) is 12.5. The fourth-order valence-corrected chi connectivity index (χ4v) is 3.38. The quantitative estimate of drug-likeness (QED) is 0.743. The SMILES string of the molecule is CC(=O)c1cccc(NC(=O)CN2CCNCC2c2cccc(Cl)c2)c1.Cl. The molecule has 0 radical (unpaired) electrons. The van der Waals surface area contributed by atoms with E-state index in [1.165, 1.54) is 6.92 Å². The van der Waals surface area contributed by atoms with Gasteiger partial charge in [-0.05, 0) is 36.8 Å². The molecule has 1 heterocycles. The first kappa shape index (κ1) is 21.4. The monoisotopic (exact) mass is 407 g/mol. The Kier molecular flexibility index (Phi) is 7.80. The van der Waals surface area contributed by atoms with Crippen LogP contribution in [0.5, 0.6) is 0 Å². The summed E-state index contributed by atoms with van der Waals surface area (Å²) in [5.41, 5.74) is 2.31. The second kappa shape index (κ2) is 9.85. The summed E-state index contributed by atoms with van der Waals surface area (Å²) in [4.78, 5) is 26.2. The van der Waals surface area contributed by atoms with Crippen molar-refractivity contribution in [1.29, 1.82) is 0 Å². The Balaban J connectivity index is 0.00000261. The lowest BCUT2D eigenvalue weighted by Gasteiger charge is -2.36. The van der Waals surface area contributed by atoms with E-state index in [1.807, 2.05) is 24.3 Å². The van der Waals surface area contributed by atoms with Crippen LogP contribution in [0.15, 0.2) is 48.5 Å². The molecule has 3 rings (SSSR count). The number of ketones is 1. The van der Waals surface area contributed by atoms with Crippen molar-refractivity contribution < 1.29 is 9.59 Å². The van der Waals surface area contributed by atoms with Gasteiger partial charge in [-0.25, -0.2) is 0 Å². The molecule has 1 amide bonds. The molecule has 0 aliphatic carbocycles. The topological polar surface area (TPSA) is 61.4 Å². The number of rotatable bonds is 5. The fourth-order valence-electron chi connectivity index (χ4n) is 3.18. The normalized spacial score (nSPS) is 17.0. The smallest absolute Gasteiger partial charge is 0.238 e. The molecule has 1 fully saturated rings. The zero-order valence-electron chi connectivity index (χ0n) is 15.1. The molecule has 27 heavy (non-hydrogen) atoms. The Hall–Kier alpha value is -1.92. The summed E-state index contributed by atoms with van der Waals surface area (Å²) in [5, 5.41) is 6.95. The number of piperazine rings is 1. The van der Waals surface area contributed by atoms with Gasteiger partial charge < -0.3 is 10.6 Å². The molecule has 7 heteroatoms. The van der Waals surface area contributed by atoms with Gasteiger partial charge in [0, 0.05) is 41.9 Å². The van der Waals surface area contributed by atoms with E-state index >= 15 is 0 Å². The van der Waals surface area contributed by atoms with Gasteiger partial charge in [0.25, 0.3) is 0 Å². The van der Waals surface area contributed by atoms with Crippen molar-refractivity contribution in [1.82, 2.24) is 10.2 Å². The molecule has 5 nitrogen and oxygen atoms in total. The number of carbonyl (C=O) groups excluding carboxylic acids is 2. The molecule has 0 saturated carbocycles. The number of halogens is 2. The Morgan fingerprint density at radius 2 is 2.00 bits per heavy atom. The van der Waals surface area contributed by atoms with E-state index in [9.17, 15) is 9.59 Å². The molecule has 0 aromatic heterocycles. The summed E-state index contributed by atoms with van der Waals surface area (Å²) in [6, 6.07) is 14.8. The van der Waals surface area contributed by atoms with Crippen molar-refractivity contribution in [3.63, 3.8) is 0 Å². The highest BCUT2D eigenvalue weighted by molar-refractivity contribution is 6.30. The van der Waals surface area contributed by atoms with E-state index in [0.717, 1.165) is 25.2 Å². The van der Waals surface area contributed by atoms with Crippen LogP contribution in [-0.4, -0.2) is 42.8 Å². The summed E-state index contributed by atoms with van der Waals surface area (Å²) < 4.78 is 0. The molecule has 1 aliphatic rings. The lowest BCUT2D eigenvalue weighted by molar-refractivity contribution is -0.118. The molecule has 144 valence electrons. The number of nitrogens with zero attached hydrogens (tertiary/aromatic N) is 1. The number of anilines is 1. The maximum atomic E-state index is 12.5. The van der Waals surface area contributed by atoms with E-state index in [-0.39, 0.29) is 36.7 Å². The van der Waals surface area contributed by atoms with Crippen LogP contribution >= 0.6 is 24.0 Å². The van der Waals surface area contributed by atoms with Crippen LogP contribution in [0.25, 0.3) is 0 Å². The van der Waals surface area contributed by atoms with Gasteiger partial charge in [0.15, 0.2) is 5.78 Å². The number of benzene rings is 2. The summed E-state index contributed by atoms with van der Waals surface area (Å²) in [6.07, 6.45) is 0. The standard InChI is InChI=1S/C20H22ClN3O2.ClH/c1-14(25)15-4-3-7-18(11-15)23-20(26)13-24-9-8-22-12-19(24)16-5-2-6-17(21)10-16;/h2-7,10-11,19,22H,8-9,12-13H2,1H3,(H,23,26);1H. The van der Waals surface area contributed by atoms with Crippen LogP contribution in [0.4, 0.5) is 5.69 Å². The molecule has 0 bridgehead atoms. The summed E-state index contributed by atoms with van der Waals surface area (Å²) in [5.74, 6) is -0.121. The molecule has 2 N–H and O–H groups in total. The van der Waals surface area contributed by atoms with Crippen LogP contribution in [0.3, 0.4) is 0 Å². The van der Waals surface area contributed by atoms with E-state index in [0.29, 0.717) is 16.3 Å². The highest BCUT2D eigenvalue weighted by Crippen LogP contribution is 2.24. The van der Waals surface area contributed by atoms with Gasteiger partial charge in [-0.3, -0.25) is 14.5 Å². The molecule has 1 saturated heterocycles. The van der Waals surface area contributed by atoms with Crippen LogP contribution < -0.4 is 10.6 Å². The molecular formula is C20H23Cl2N3O2. The van der Waals surface area contributed by atoms with Crippen molar-refractivity contribution >= 4 is 41.4 Å². The third-order valence-corrected chi connectivity index (χ3v) is 4.72. The molecule has 1 atom stereocenters. The van der Waals surface area contributed by atoms with Gasteiger partial charge in [-0.2, -0.15) is 0 Å². The average molecular weight is 408 g/mol. The van der Waals surface area contributed by atoms with E-state index in [4.69, 9.17) is 11.6 Å². The molecular weight excluding hydrogens is 385 g/mol. The van der Waals surface area contributed by atoms with Crippen LogP contribution in [0.2, 0.25) is 5.02 Å². The predicted molar refractivity (Wildman–Crippen MR) is 111 cm³/mol. The van der Waals surface area contributed by atoms with Crippen molar-refractivity contribution in [2.45, 2.75) is 13.0 Å². The third kappa shape index (κ3) is 5.78. The Bertz CT molecular complexity index is 813. The van der Waals surface area contributed by atoms with Crippen LogP contribution in [-0.2, 0) is 4.79 Å². The van der Waals surface area contributed by atoms with Crippen molar-refractivity contribution in [3.8, 4) is 0 Å². The first-order valence-corrected chi connectivity index (χ1v) is 9.02.